The maximum atomic E-state index is 13.0. The summed E-state index contributed by atoms with van der Waals surface area (Å²) in [5.74, 6) is 0.294. The summed E-state index contributed by atoms with van der Waals surface area (Å²) in [6.45, 7) is 4.20. The van der Waals surface area contributed by atoms with Crippen molar-refractivity contribution in [3.63, 3.8) is 0 Å². The van der Waals surface area contributed by atoms with Crippen molar-refractivity contribution in [2.75, 3.05) is 25.9 Å². The minimum Gasteiger partial charge on any atom is -0.366 e. The molecule has 1 unspecified atom stereocenters. The minimum absolute atomic E-state index is 0. The van der Waals surface area contributed by atoms with Crippen LogP contribution in [-0.2, 0) is 15.7 Å². The largest absolute Gasteiger partial charge is 0.366 e. The van der Waals surface area contributed by atoms with Crippen LogP contribution in [-0.4, -0.2) is 53.8 Å². The highest BCUT2D eigenvalue weighted by Crippen LogP contribution is 2.40. The van der Waals surface area contributed by atoms with Crippen molar-refractivity contribution in [3.05, 3.63) is 58.1 Å². The van der Waals surface area contributed by atoms with Crippen LogP contribution in [0.25, 0.3) is 0 Å². The number of hydrogen-bond acceptors (Lipinski definition) is 5. The molecule has 3 rings (SSSR count). The fraction of sp³-hybridized carbons (Fsp3) is 0.350. The number of nitrogens with zero attached hydrogens (tertiary/aromatic N) is 3. The van der Waals surface area contributed by atoms with Crippen molar-refractivity contribution < 1.29 is 13.5 Å². The number of thioether (sulfide) groups is 1. The van der Waals surface area contributed by atoms with Crippen molar-refractivity contribution in [2.45, 2.75) is 24.5 Å². The quantitative estimate of drug-likeness (QED) is 0.524. The lowest BCUT2D eigenvalue weighted by Crippen LogP contribution is -2.42. The van der Waals surface area contributed by atoms with E-state index in [1.165, 1.54) is 28.2 Å². The Morgan fingerprint density at radius 2 is 1.77 bits per heavy atom. The first-order valence-corrected chi connectivity index (χ1v) is 12.5. The average Bonchev–Trinajstić information content (AvgIpc) is 3.00. The van der Waals surface area contributed by atoms with E-state index >= 15 is 0 Å². The third-order valence-corrected chi connectivity index (χ3v) is 8.97. The first-order valence-electron chi connectivity index (χ1n) is 9.37. The van der Waals surface area contributed by atoms with E-state index in [0.717, 1.165) is 0 Å². The molecule has 0 amide bonds. The average molecular weight is 569 g/mol. The Kier molecular flexibility index (Phi) is 8.89. The minimum atomic E-state index is -3.77. The highest BCUT2D eigenvalue weighted by molar-refractivity contribution is 8.93. The Hall–Kier alpha value is -0.810. The smallest absolute Gasteiger partial charge is 0.244 e. The third kappa shape index (κ3) is 5.24. The molecule has 1 atom stereocenters. The van der Waals surface area contributed by atoms with Gasteiger partial charge in [0.05, 0.1) is 16.5 Å². The van der Waals surface area contributed by atoms with Crippen LogP contribution in [0.15, 0.2) is 52.4 Å². The molecule has 0 saturated carbocycles. The molecule has 1 N–H and O–H groups in total. The molecule has 6 nitrogen and oxygen atoms in total. The van der Waals surface area contributed by atoms with Crippen LogP contribution in [0.4, 0.5) is 5.69 Å². The zero-order valence-corrected chi connectivity index (χ0v) is 22.1. The summed E-state index contributed by atoms with van der Waals surface area (Å²) >= 11 is 13.5. The van der Waals surface area contributed by atoms with Gasteiger partial charge in [-0.1, -0.05) is 54.9 Å². The van der Waals surface area contributed by atoms with Crippen LogP contribution in [0, 0.1) is 0 Å². The van der Waals surface area contributed by atoms with E-state index in [4.69, 9.17) is 23.2 Å². The molecule has 11 heteroatoms. The van der Waals surface area contributed by atoms with Gasteiger partial charge in [0.25, 0.3) is 0 Å². The first-order chi connectivity index (χ1) is 14.1. The van der Waals surface area contributed by atoms with Crippen molar-refractivity contribution >= 4 is 72.8 Å². The van der Waals surface area contributed by atoms with Gasteiger partial charge in [0.2, 0.25) is 10.0 Å². The van der Waals surface area contributed by atoms with Gasteiger partial charge in [0.1, 0.15) is 4.90 Å². The highest BCUT2D eigenvalue weighted by atomic mass is 79.9. The second-order valence-corrected chi connectivity index (χ2v) is 10.5. The summed E-state index contributed by atoms with van der Waals surface area (Å²) in [6.07, 6.45) is 0. The summed E-state index contributed by atoms with van der Waals surface area (Å²) in [6, 6.07) is 11.7. The molecule has 2 aromatic carbocycles. The van der Waals surface area contributed by atoms with E-state index in [0.29, 0.717) is 40.3 Å². The van der Waals surface area contributed by atoms with E-state index in [1.807, 2.05) is 0 Å². The number of amidine groups is 1. The Bertz CT molecular complexity index is 1060. The molecule has 31 heavy (non-hydrogen) atoms. The molecule has 0 aliphatic carbocycles. The lowest BCUT2D eigenvalue weighted by atomic mass is 10.0. The molecule has 2 aromatic rings. The van der Waals surface area contributed by atoms with Crippen LogP contribution in [0.2, 0.25) is 10.0 Å². The summed E-state index contributed by atoms with van der Waals surface area (Å²) in [7, 11) is -2.05. The van der Waals surface area contributed by atoms with Gasteiger partial charge in [-0.25, -0.2) is 13.4 Å². The molecule has 1 heterocycles. The summed E-state index contributed by atoms with van der Waals surface area (Å²) in [5, 5.41) is 12.8. The van der Waals surface area contributed by atoms with Crippen molar-refractivity contribution in [2.24, 2.45) is 4.99 Å². The zero-order chi connectivity index (χ0) is 22.1. The third-order valence-electron chi connectivity index (χ3n) is 5.01. The molecule has 1 aliphatic heterocycles. The number of rotatable bonds is 6. The SMILES string of the molecule is Br.CCN(CC)S(=O)(=O)c1cc(C2(O)CS/C(=N/c3ccc(Cl)cc3)N2C)ccc1Cl. The zero-order valence-electron chi connectivity index (χ0n) is 17.2. The molecule has 0 bridgehead atoms. The van der Waals surface area contributed by atoms with E-state index in [1.54, 1.807) is 56.1 Å². The molecule has 170 valence electrons. The fourth-order valence-electron chi connectivity index (χ4n) is 3.18. The second-order valence-electron chi connectivity index (χ2n) is 6.77. The summed E-state index contributed by atoms with van der Waals surface area (Å²) < 4.78 is 27.4. The molecule has 0 spiro atoms. The van der Waals surface area contributed by atoms with Gasteiger partial charge in [-0.2, -0.15) is 4.31 Å². The topological polar surface area (TPSA) is 73.2 Å². The first kappa shape index (κ1) is 26.4. The Labute approximate surface area is 208 Å². The van der Waals surface area contributed by atoms with Gasteiger partial charge in [-0.05, 0) is 36.4 Å². The van der Waals surface area contributed by atoms with Gasteiger partial charge in [0.15, 0.2) is 10.9 Å². The number of halogens is 3. The normalized spacial score (nSPS) is 20.4. The Balaban J connectivity index is 0.00000341. The molecule has 0 radical (unpaired) electrons. The van der Waals surface area contributed by atoms with Crippen LogP contribution in [0.5, 0.6) is 0 Å². The maximum Gasteiger partial charge on any atom is 0.244 e. The molecule has 1 fully saturated rings. The lowest BCUT2D eigenvalue weighted by Gasteiger charge is -2.32. The second kappa shape index (κ2) is 10.4. The number of sulfonamides is 1. The molecule has 1 aliphatic rings. The highest BCUT2D eigenvalue weighted by Gasteiger charge is 2.43. The standard InChI is InChI=1S/C20H23Cl2N3O3S2.BrH/c1-4-25(5-2)30(27,28)18-12-14(6-11-17(18)22)20(26)13-29-19(24(20)3)23-16-9-7-15(21)8-10-16;/h6-12,26H,4-5,13H2,1-3H3;1H/b23-19+;. The predicted molar refractivity (Wildman–Crippen MR) is 135 cm³/mol. The molecule has 0 aromatic heterocycles. The van der Waals surface area contributed by atoms with Crippen LogP contribution in [0.3, 0.4) is 0 Å². The number of aliphatic imine (C=N–C) groups is 1. The van der Waals surface area contributed by atoms with E-state index in [9.17, 15) is 13.5 Å². The Morgan fingerprint density at radius 3 is 2.35 bits per heavy atom. The molecular formula is C20H24BrCl2N3O3S2. The number of hydrogen-bond donors (Lipinski definition) is 1. The van der Waals surface area contributed by atoms with E-state index < -0.39 is 15.7 Å². The predicted octanol–water partition coefficient (Wildman–Crippen LogP) is 5.11. The molecular weight excluding hydrogens is 545 g/mol. The van der Waals surface area contributed by atoms with Gasteiger partial charge < -0.3 is 10.0 Å². The van der Waals surface area contributed by atoms with Crippen LogP contribution >= 0.6 is 51.9 Å². The van der Waals surface area contributed by atoms with Crippen LogP contribution in [0.1, 0.15) is 19.4 Å². The van der Waals surface area contributed by atoms with Gasteiger partial charge in [0, 0.05) is 30.7 Å². The Morgan fingerprint density at radius 1 is 1.16 bits per heavy atom. The number of benzene rings is 2. The summed E-state index contributed by atoms with van der Waals surface area (Å²) in [4.78, 5) is 6.21. The van der Waals surface area contributed by atoms with Gasteiger partial charge in [-0.3, -0.25) is 0 Å². The monoisotopic (exact) mass is 567 g/mol. The van der Waals surface area contributed by atoms with E-state index in [2.05, 4.69) is 4.99 Å². The maximum absolute atomic E-state index is 13.0. The summed E-state index contributed by atoms with van der Waals surface area (Å²) in [5.41, 5.74) is -0.276. The fourth-order valence-corrected chi connectivity index (χ4v) is 6.47. The van der Waals surface area contributed by atoms with Crippen molar-refractivity contribution in [3.8, 4) is 0 Å². The number of aliphatic hydroxyl groups is 1. The van der Waals surface area contributed by atoms with Crippen molar-refractivity contribution in [1.82, 2.24) is 9.21 Å². The van der Waals surface area contributed by atoms with Gasteiger partial charge in [-0.15, -0.1) is 17.0 Å². The molecule has 1 saturated heterocycles. The lowest BCUT2D eigenvalue weighted by molar-refractivity contribution is -0.0349. The van der Waals surface area contributed by atoms with Crippen molar-refractivity contribution in [1.29, 1.82) is 0 Å². The van der Waals surface area contributed by atoms with E-state index in [-0.39, 0.29) is 26.9 Å². The van der Waals surface area contributed by atoms with Gasteiger partial charge >= 0.3 is 0 Å². The van der Waals surface area contributed by atoms with Crippen LogP contribution < -0.4 is 0 Å².